The molecule has 72 valence electrons. The molecule has 0 saturated heterocycles. The number of hydrogen-bond donors (Lipinski definition) is 0. The molecule has 0 unspecified atom stereocenters. The van der Waals surface area contributed by atoms with Crippen molar-refractivity contribution in [3.63, 3.8) is 0 Å². The van der Waals surface area contributed by atoms with Crippen molar-refractivity contribution in [3.05, 3.63) is 42.5 Å². The fraction of sp³-hybridized carbons (Fsp3) is 0.231. The van der Waals surface area contributed by atoms with Crippen LogP contribution in [0, 0.1) is 12.3 Å². The van der Waals surface area contributed by atoms with E-state index in [1.807, 2.05) is 18.2 Å². The van der Waals surface area contributed by atoms with E-state index < -0.39 is 8.07 Å². The van der Waals surface area contributed by atoms with Gasteiger partial charge < -0.3 is 0 Å². The van der Waals surface area contributed by atoms with Crippen molar-refractivity contribution in [2.24, 2.45) is 0 Å². The van der Waals surface area contributed by atoms with Gasteiger partial charge >= 0.3 is 0 Å². The predicted molar refractivity (Wildman–Crippen MR) is 66.5 cm³/mol. The number of rotatable bonds is 3. The van der Waals surface area contributed by atoms with Crippen LogP contribution in [0.2, 0.25) is 19.1 Å². The molecule has 0 aromatic heterocycles. The van der Waals surface area contributed by atoms with E-state index in [9.17, 15) is 0 Å². The fourth-order valence-electron chi connectivity index (χ4n) is 1.50. The zero-order chi connectivity index (χ0) is 10.6. The van der Waals surface area contributed by atoms with Gasteiger partial charge in [-0.25, -0.2) is 0 Å². The Hall–Kier alpha value is -1.26. The zero-order valence-electron chi connectivity index (χ0n) is 8.88. The van der Waals surface area contributed by atoms with Gasteiger partial charge in [-0.15, -0.1) is 13.0 Å². The molecular formula is C13H16Si. The number of benzene rings is 1. The Morgan fingerprint density at radius 1 is 1.36 bits per heavy atom. The second-order valence-electron chi connectivity index (χ2n) is 4.10. The monoisotopic (exact) mass is 200 g/mol. The highest BCUT2D eigenvalue weighted by atomic mass is 28.3. The highest BCUT2D eigenvalue weighted by Crippen LogP contribution is 2.10. The van der Waals surface area contributed by atoms with Gasteiger partial charge in [-0.05, 0) is 18.2 Å². The molecule has 0 aliphatic carbocycles. The molecule has 0 fully saturated rings. The van der Waals surface area contributed by atoms with E-state index in [4.69, 9.17) is 6.42 Å². The molecule has 0 spiro atoms. The number of hydrogen-bond acceptors (Lipinski definition) is 0. The molecule has 0 bridgehead atoms. The van der Waals surface area contributed by atoms with Crippen LogP contribution in [0.4, 0.5) is 0 Å². The molecule has 0 amide bonds. The van der Waals surface area contributed by atoms with Crippen molar-refractivity contribution in [3.8, 4) is 12.3 Å². The van der Waals surface area contributed by atoms with Crippen LogP contribution in [-0.2, 0) is 0 Å². The van der Waals surface area contributed by atoms with E-state index in [0.717, 1.165) is 11.6 Å². The average Bonchev–Trinajstić information content (AvgIpc) is 2.18. The first-order valence-corrected chi connectivity index (χ1v) is 7.99. The summed E-state index contributed by atoms with van der Waals surface area (Å²) in [5, 5.41) is 1.44. The van der Waals surface area contributed by atoms with Gasteiger partial charge in [0, 0.05) is 5.56 Å². The lowest BCUT2D eigenvalue weighted by Crippen LogP contribution is -2.40. The lowest BCUT2D eigenvalue weighted by atomic mass is 10.2. The normalized spacial score (nSPS) is 10.6. The second kappa shape index (κ2) is 4.30. The minimum absolute atomic E-state index is 0.956. The van der Waals surface area contributed by atoms with Crippen LogP contribution in [0.5, 0.6) is 0 Å². The van der Waals surface area contributed by atoms with E-state index in [-0.39, 0.29) is 0 Å². The van der Waals surface area contributed by atoms with Crippen LogP contribution >= 0.6 is 0 Å². The third kappa shape index (κ3) is 2.37. The van der Waals surface area contributed by atoms with Crippen LogP contribution in [0.1, 0.15) is 5.56 Å². The lowest BCUT2D eigenvalue weighted by molar-refractivity contribution is 1.54. The predicted octanol–water partition coefficient (Wildman–Crippen LogP) is 2.77. The SMILES string of the molecule is C#Cc1ccc([Si](C)(C)CC=C)cc1. The van der Waals surface area contributed by atoms with Crippen molar-refractivity contribution in [2.75, 3.05) is 0 Å². The van der Waals surface area contributed by atoms with Gasteiger partial charge in [0.25, 0.3) is 0 Å². The third-order valence-corrected chi connectivity index (χ3v) is 5.69. The molecule has 1 heteroatoms. The topological polar surface area (TPSA) is 0 Å². The molecule has 1 aromatic rings. The quantitative estimate of drug-likeness (QED) is 0.400. The first-order chi connectivity index (χ1) is 6.60. The van der Waals surface area contributed by atoms with Gasteiger partial charge in [0.1, 0.15) is 0 Å². The molecule has 0 aliphatic rings. The van der Waals surface area contributed by atoms with Crippen molar-refractivity contribution < 1.29 is 0 Å². The molecule has 0 heterocycles. The average molecular weight is 200 g/mol. The Bertz CT molecular complexity index is 352. The molecule has 1 rings (SSSR count). The maximum Gasteiger partial charge on any atom is 0.0843 e. The lowest BCUT2D eigenvalue weighted by Gasteiger charge is -2.20. The summed E-state index contributed by atoms with van der Waals surface area (Å²) < 4.78 is 0. The summed E-state index contributed by atoms with van der Waals surface area (Å²) in [5.41, 5.74) is 0.956. The van der Waals surface area contributed by atoms with Gasteiger partial charge in [0.2, 0.25) is 0 Å². The Balaban J connectivity index is 2.97. The molecule has 14 heavy (non-hydrogen) atoms. The number of terminal acetylenes is 1. The highest BCUT2D eigenvalue weighted by Gasteiger charge is 2.20. The minimum Gasteiger partial charge on any atom is -0.115 e. The number of allylic oxidation sites excluding steroid dienone is 1. The maximum absolute atomic E-state index is 5.31. The molecule has 0 radical (unpaired) electrons. The van der Waals surface area contributed by atoms with E-state index in [1.54, 1.807) is 0 Å². The van der Waals surface area contributed by atoms with E-state index in [2.05, 4.69) is 37.7 Å². The van der Waals surface area contributed by atoms with Gasteiger partial charge in [0.05, 0.1) is 8.07 Å². The standard InChI is InChI=1S/C13H16Si/c1-5-11-14(3,4)13-9-7-12(6-2)8-10-13/h2,5,7-10H,1,11H2,3-4H3. The molecule has 0 atom stereocenters. The van der Waals surface area contributed by atoms with E-state index in [1.165, 1.54) is 5.19 Å². The van der Waals surface area contributed by atoms with E-state index >= 15 is 0 Å². The first kappa shape index (κ1) is 10.8. The molecule has 0 nitrogen and oxygen atoms in total. The summed E-state index contributed by atoms with van der Waals surface area (Å²) in [7, 11) is -1.30. The molecule has 1 aromatic carbocycles. The smallest absolute Gasteiger partial charge is 0.0843 e. The third-order valence-electron chi connectivity index (χ3n) is 2.49. The summed E-state index contributed by atoms with van der Waals surface area (Å²) in [6, 6.07) is 9.47. The van der Waals surface area contributed by atoms with Gasteiger partial charge in [-0.1, -0.05) is 42.4 Å². The molecule has 0 saturated carbocycles. The van der Waals surface area contributed by atoms with Crippen LogP contribution in [0.3, 0.4) is 0 Å². The largest absolute Gasteiger partial charge is 0.115 e. The van der Waals surface area contributed by atoms with Crippen molar-refractivity contribution in [1.82, 2.24) is 0 Å². The first-order valence-electron chi connectivity index (χ1n) is 4.78. The summed E-state index contributed by atoms with van der Waals surface area (Å²) >= 11 is 0. The van der Waals surface area contributed by atoms with Crippen LogP contribution < -0.4 is 5.19 Å². The molecule has 0 aliphatic heterocycles. The minimum atomic E-state index is -1.30. The zero-order valence-corrected chi connectivity index (χ0v) is 9.88. The maximum atomic E-state index is 5.31. The Labute approximate surface area is 87.7 Å². The van der Waals surface area contributed by atoms with Crippen LogP contribution in [0.25, 0.3) is 0 Å². The van der Waals surface area contributed by atoms with Crippen molar-refractivity contribution in [1.29, 1.82) is 0 Å². The Kier molecular flexibility index (Phi) is 3.32. The van der Waals surface area contributed by atoms with Gasteiger partial charge in [-0.2, -0.15) is 0 Å². The Morgan fingerprint density at radius 3 is 2.36 bits per heavy atom. The second-order valence-corrected chi connectivity index (χ2v) is 8.85. The van der Waals surface area contributed by atoms with Crippen molar-refractivity contribution >= 4 is 13.3 Å². The summed E-state index contributed by atoms with van der Waals surface area (Å²) in [6.07, 6.45) is 7.33. The highest BCUT2D eigenvalue weighted by molar-refractivity contribution is 6.90. The van der Waals surface area contributed by atoms with Gasteiger partial charge in [0.15, 0.2) is 0 Å². The Morgan fingerprint density at radius 2 is 1.93 bits per heavy atom. The summed E-state index contributed by atoms with van der Waals surface area (Å²) in [6.45, 7) is 8.50. The summed E-state index contributed by atoms with van der Waals surface area (Å²) in [4.78, 5) is 0. The molecule has 0 N–H and O–H groups in total. The fourth-order valence-corrected chi connectivity index (χ4v) is 3.52. The van der Waals surface area contributed by atoms with Crippen molar-refractivity contribution in [2.45, 2.75) is 19.1 Å². The van der Waals surface area contributed by atoms with Crippen LogP contribution in [-0.4, -0.2) is 8.07 Å². The van der Waals surface area contributed by atoms with Gasteiger partial charge in [-0.3, -0.25) is 0 Å². The van der Waals surface area contributed by atoms with Crippen LogP contribution in [0.15, 0.2) is 36.9 Å². The summed E-state index contributed by atoms with van der Waals surface area (Å²) in [5.74, 6) is 2.63. The molecular weight excluding hydrogens is 184 g/mol. The van der Waals surface area contributed by atoms with E-state index in [0.29, 0.717) is 0 Å².